The number of fused-ring (bicyclic) bond motifs is 2. The molecular weight excluding hydrogens is 404 g/mol. The maximum atomic E-state index is 13.8. The molecule has 1 saturated heterocycles. The quantitative estimate of drug-likeness (QED) is 0.651. The number of aliphatic hydroxyl groups is 1. The Morgan fingerprint density at radius 3 is 2.87 bits per heavy atom. The first kappa shape index (κ1) is 16.5. The third-order valence-corrected chi connectivity index (χ3v) is 4.92. The van der Waals surface area contributed by atoms with Crippen LogP contribution in [0.25, 0.3) is 0 Å². The van der Waals surface area contributed by atoms with Crippen molar-refractivity contribution in [3.05, 3.63) is 63.1 Å². The second kappa shape index (κ2) is 7.18. The molecule has 0 spiro atoms. The number of nitrogens with zero attached hydrogens (tertiary/aromatic N) is 2. The highest BCUT2D eigenvalue weighted by Crippen LogP contribution is 2.31. The number of nitrogens with one attached hydrogen (secondary N) is 1. The molecule has 2 aliphatic heterocycles. The number of carbonyl (C=O) groups excluding carboxylic acids is 2. The highest BCUT2D eigenvalue weighted by atomic mass is 19.1. The van der Waals surface area contributed by atoms with Crippen molar-refractivity contribution in [2.75, 3.05) is 0 Å². The number of aromatic hydroxyl groups is 1. The first-order chi connectivity index (χ1) is 15.4. The van der Waals surface area contributed by atoms with Crippen LogP contribution in [0.5, 0.6) is 5.75 Å². The van der Waals surface area contributed by atoms with Gasteiger partial charge in [-0.05, 0) is 12.9 Å². The standard InChI is InChI=1S/C19H17F2N3O6/c1-8-19(29)30-13-7-23-6-11(15(25)16(26)14(23)18(28)24(8)13)17(27)22-5-9-2-3-10(20)4-12(9)21/h2-4,6,8,13,19,26,29H,5,7H2,1H3,(H,22,27)/t8-,13+,19?/m0/s1/i1D3. The monoisotopic (exact) mass is 424 g/mol. The van der Waals surface area contributed by atoms with E-state index in [1.807, 2.05) is 0 Å². The Bertz CT molecular complexity index is 1220. The molecule has 1 aromatic heterocycles. The van der Waals surface area contributed by atoms with Gasteiger partial charge < -0.3 is 29.7 Å². The number of halogens is 2. The van der Waals surface area contributed by atoms with E-state index < -0.39 is 77.8 Å². The van der Waals surface area contributed by atoms with Gasteiger partial charge in [0, 0.05) is 28.5 Å². The number of aromatic nitrogens is 1. The van der Waals surface area contributed by atoms with E-state index >= 15 is 0 Å². The number of aliphatic hydroxyl groups excluding tert-OH is 1. The number of hydrogen-bond acceptors (Lipinski definition) is 6. The van der Waals surface area contributed by atoms with E-state index in [1.54, 1.807) is 0 Å². The van der Waals surface area contributed by atoms with Gasteiger partial charge in [-0.1, -0.05) is 6.07 Å². The van der Waals surface area contributed by atoms with E-state index in [2.05, 4.69) is 5.32 Å². The van der Waals surface area contributed by atoms with Crippen LogP contribution in [0.3, 0.4) is 0 Å². The molecule has 2 aromatic rings. The fourth-order valence-corrected chi connectivity index (χ4v) is 3.41. The van der Waals surface area contributed by atoms with Crippen LogP contribution < -0.4 is 10.7 Å². The minimum atomic E-state index is -2.81. The van der Waals surface area contributed by atoms with E-state index in [-0.39, 0.29) is 12.1 Å². The fraction of sp³-hybridized carbons (Fsp3) is 0.316. The molecule has 3 atom stereocenters. The van der Waals surface area contributed by atoms with E-state index in [4.69, 9.17) is 8.85 Å². The molecular formula is C19H17F2N3O6. The molecule has 0 aliphatic carbocycles. The van der Waals surface area contributed by atoms with Crippen LogP contribution >= 0.6 is 0 Å². The number of rotatable bonds is 3. The molecule has 30 heavy (non-hydrogen) atoms. The summed E-state index contributed by atoms with van der Waals surface area (Å²) in [5.74, 6) is -4.88. The molecule has 1 aromatic carbocycles. The summed E-state index contributed by atoms with van der Waals surface area (Å²) in [6.45, 7) is -3.49. The Labute approximate surface area is 172 Å². The predicted octanol–water partition coefficient (Wildman–Crippen LogP) is 0.281. The van der Waals surface area contributed by atoms with Crippen molar-refractivity contribution >= 4 is 11.8 Å². The first-order valence-corrected chi connectivity index (χ1v) is 8.75. The Balaban J connectivity index is 1.64. The summed E-state index contributed by atoms with van der Waals surface area (Å²) in [5.41, 5.74) is -2.41. The number of amides is 2. The van der Waals surface area contributed by atoms with E-state index in [1.165, 1.54) is 0 Å². The van der Waals surface area contributed by atoms with E-state index in [0.717, 1.165) is 27.8 Å². The highest BCUT2D eigenvalue weighted by molar-refractivity contribution is 5.99. The maximum Gasteiger partial charge on any atom is 0.277 e. The molecule has 2 amide bonds. The molecule has 9 nitrogen and oxygen atoms in total. The highest BCUT2D eigenvalue weighted by Gasteiger charge is 2.47. The minimum absolute atomic E-state index is 0.0538. The molecule has 2 aliphatic rings. The Morgan fingerprint density at radius 1 is 1.40 bits per heavy atom. The molecule has 0 bridgehead atoms. The lowest BCUT2D eigenvalue weighted by Gasteiger charge is -2.33. The Kier molecular flexibility index (Phi) is 3.95. The maximum absolute atomic E-state index is 13.8. The lowest BCUT2D eigenvalue weighted by atomic mass is 10.1. The van der Waals surface area contributed by atoms with Crippen molar-refractivity contribution in [3.8, 4) is 5.75 Å². The van der Waals surface area contributed by atoms with E-state index in [0.29, 0.717) is 6.07 Å². The summed E-state index contributed by atoms with van der Waals surface area (Å²) in [6, 6.07) is 1.01. The van der Waals surface area contributed by atoms with E-state index in [9.17, 15) is 33.4 Å². The van der Waals surface area contributed by atoms with Crippen molar-refractivity contribution in [1.82, 2.24) is 14.8 Å². The van der Waals surface area contributed by atoms with Gasteiger partial charge in [0.05, 0.1) is 12.6 Å². The number of benzene rings is 1. The first-order valence-electron chi connectivity index (χ1n) is 10.2. The molecule has 0 radical (unpaired) electrons. The van der Waals surface area contributed by atoms with Crippen molar-refractivity contribution in [2.45, 2.75) is 38.5 Å². The van der Waals surface area contributed by atoms with Crippen molar-refractivity contribution < 1.29 is 37.4 Å². The van der Waals surface area contributed by atoms with Gasteiger partial charge in [-0.3, -0.25) is 14.4 Å². The van der Waals surface area contributed by atoms with Gasteiger partial charge >= 0.3 is 0 Å². The number of ether oxygens (including phenoxy) is 1. The second-order valence-corrected chi connectivity index (χ2v) is 6.78. The Hall–Kier alpha value is -3.31. The number of carbonyl (C=O) groups is 2. The second-order valence-electron chi connectivity index (χ2n) is 6.78. The third-order valence-electron chi connectivity index (χ3n) is 4.92. The zero-order valence-corrected chi connectivity index (χ0v) is 15.1. The average Bonchev–Trinajstić information content (AvgIpc) is 3.06. The van der Waals surface area contributed by atoms with Gasteiger partial charge in [-0.25, -0.2) is 8.78 Å². The van der Waals surface area contributed by atoms with Gasteiger partial charge in [-0.15, -0.1) is 0 Å². The molecule has 4 rings (SSSR count). The van der Waals surface area contributed by atoms with Crippen LogP contribution in [0.1, 0.15) is 37.4 Å². The molecule has 3 N–H and O–H groups in total. The molecule has 3 heterocycles. The summed E-state index contributed by atoms with van der Waals surface area (Å²) in [6.07, 6.45) is -2.08. The van der Waals surface area contributed by atoms with Crippen LogP contribution in [0.4, 0.5) is 8.78 Å². The van der Waals surface area contributed by atoms with Gasteiger partial charge in [0.15, 0.2) is 24.0 Å². The summed E-state index contributed by atoms with van der Waals surface area (Å²) < 4.78 is 55.7. The lowest BCUT2D eigenvalue weighted by Crippen LogP contribution is -2.49. The average molecular weight is 424 g/mol. The summed E-state index contributed by atoms with van der Waals surface area (Å²) >= 11 is 0. The summed E-state index contributed by atoms with van der Waals surface area (Å²) in [4.78, 5) is 38.8. The molecule has 1 unspecified atom stereocenters. The Morgan fingerprint density at radius 2 is 2.17 bits per heavy atom. The number of hydrogen-bond donors (Lipinski definition) is 3. The summed E-state index contributed by atoms with van der Waals surface area (Å²) in [5, 5.41) is 22.7. The van der Waals surface area contributed by atoms with Crippen LogP contribution in [0.2, 0.25) is 0 Å². The topological polar surface area (TPSA) is 121 Å². The lowest BCUT2D eigenvalue weighted by molar-refractivity contribution is -0.104. The van der Waals surface area contributed by atoms with Crippen molar-refractivity contribution in [1.29, 1.82) is 0 Å². The van der Waals surface area contributed by atoms with Crippen LogP contribution in [-0.2, 0) is 17.8 Å². The molecule has 0 saturated carbocycles. The SMILES string of the molecule is [2H]C([2H])([2H])[C@H]1C(O)O[C@@H]2Cn3cc(C(=O)NCc4ccc(F)cc4F)c(=O)c(O)c3C(=O)N21. The predicted molar refractivity (Wildman–Crippen MR) is 96.4 cm³/mol. The van der Waals surface area contributed by atoms with Crippen molar-refractivity contribution in [3.63, 3.8) is 0 Å². The van der Waals surface area contributed by atoms with Crippen LogP contribution in [0.15, 0.2) is 29.2 Å². The zero-order chi connectivity index (χ0) is 24.2. The van der Waals surface area contributed by atoms with Crippen molar-refractivity contribution in [2.24, 2.45) is 0 Å². The minimum Gasteiger partial charge on any atom is -0.503 e. The van der Waals surface area contributed by atoms with Gasteiger partial charge in [-0.2, -0.15) is 0 Å². The fourth-order valence-electron chi connectivity index (χ4n) is 3.41. The number of pyridine rings is 1. The van der Waals surface area contributed by atoms with Crippen LogP contribution in [-0.4, -0.2) is 50.1 Å². The normalized spacial score (nSPS) is 24.5. The summed E-state index contributed by atoms with van der Waals surface area (Å²) in [7, 11) is 0. The molecule has 11 heteroatoms. The van der Waals surface area contributed by atoms with Gasteiger partial charge in [0.2, 0.25) is 5.43 Å². The third kappa shape index (κ3) is 3.12. The smallest absolute Gasteiger partial charge is 0.277 e. The largest absolute Gasteiger partial charge is 0.503 e. The van der Waals surface area contributed by atoms with Gasteiger partial charge in [0.1, 0.15) is 17.2 Å². The zero-order valence-electron chi connectivity index (χ0n) is 18.1. The van der Waals surface area contributed by atoms with Gasteiger partial charge in [0.25, 0.3) is 11.8 Å². The molecule has 1 fully saturated rings. The molecule has 158 valence electrons. The van der Waals surface area contributed by atoms with Crippen LogP contribution in [0, 0.1) is 11.6 Å².